The number of aliphatic hydroxyl groups excluding tert-OH is 1. The Labute approximate surface area is 427 Å². The Morgan fingerprint density at radius 3 is 1.28 bits per heavy atom. The van der Waals surface area contributed by atoms with E-state index in [2.05, 4.69) is 79.9 Å². The summed E-state index contributed by atoms with van der Waals surface area (Å²) in [6.45, 7) is 4.69. The fraction of sp³-hybridized carbons (Fsp3) is 0.783. The zero-order chi connectivity index (χ0) is 50.6. The lowest BCUT2D eigenvalue weighted by Crippen LogP contribution is -2.45. The number of hydrogen-bond acceptors (Lipinski definition) is 5. The Hall–Kier alpha value is -2.06. The summed E-state index contributed by atoms with van der Waals surface area (Å²) in [6, 6.07) is -0.869. The number of likely N-dealkylation sites (N-methyl/N-ethyl adjacent to an activating group) is 1. The number of carbonyl (C=O) groups is 1. The summed E-state index contributed by atoms with van der Waals surface area (Å²) in [5.41, 5.74) is 0. The number of quaternary nitrogens is 1. The molecule has 0 fully saturated rings. The normalized spacial score (nSPS) is 14.5. The molecule has 0 aromatic heterocycles. The van der Waals surface area contributed by atoms with Crippen molar-refractivity contribution < 1.29 is 32.9 Å². The summed E-state index contributed by atoms with van der Waals surface area (Å²) in [5.74, 6) is -0.208. The molecule has 1 amide bonds. The van der Waals surface area contributed by atoms with E-state index in [0.29, 0.717) is 17.4 Å². The van der Waals surface area contributed by atoms with E-state index in [1.165, 1.54) is 154 Å². The highest BCUT2D eigenvalue weighted by atomic mass is 31.2. The molecule has 9 heteroatoms. The predicted molar refractivity (Wildman–Crippen MR) is 300 cm³/mol. The first kappa shape index (κ1) is 66.9. The largest absolute Gasteiger partial charge is 0.472 e. The molecule has 3 N–H and O–H groups in total. The van der Waals surface area contributed by atoms with Crippen molar-refractivity contribution >= 4 is 13.7 Å². The van der Waals surface area contributed by atoms with Gasteiger partial charge in [0.15, 0.2) is 0 Å². The van der Waals surface area contributed by atoms with Crippen LogP contribution in [0.1, 0.15) is 251 Å². The van der Waals surface area contributed by atoms with E-state index in [0.717, 1.165) is 77.0 Å². The first-order valence-electron chi connectivity index (χ1n) is 28.8. The van der Waals surface area contributed by atoms with E-state index in [4.69, 9.17) is 9.05 Å². The van der Waals surface area contributed by atoms with Crippen LogP contribution in [0.4, 0.5) is 0 Å². The SMILES string of the molecule is CC/C=C\C/C=C\C/C=C\C/C=C\C/C=C\CCCCCC(=O)NC(COP(=O)(O)OCC[N+](C)(C)C)C(O)/C=C/CCCCCCCCCCCCCCCCCCCCCCCCCCCC. The van der Waals surface area contributed by atoms with Gasteiger partial charge in [-0.25, -0.2) is 4.57 Å². The van der Waals surface area contributed by atoms with Crippen molar-refractivity contribution in [3.63, 3.8) is 0 Å². The van der Waals surface area contributed by atoms with Gasteiger partial charge in [-0.2, -0.15) is 0 Å². The van der Waals surface area contributed by atoms with Crippen molar-refractivity contribution in [2.45, 2.75) is 264 Å². The maximum absolute atomic E-state index is 13.0. The molecule has 402 valence electrons. The Kier molecular flexibility index (Phi) is 49.3. The number of nitrogens with zero attached hydrogens (tertiary/aromatic N) is 1. The van der Waals surface area contributed by atoms with Crippen LogP contribution in [0, 0.1) is 0 Å². The highest BCUT2D eigenvalue weighted by molar-refractivity contribution is 7.47. The minimum atomic E-state index is -4.36. The maximum atomic E-state index is 13.0. The van der Waals surface area contributed by atoms with Crippen LogP contribution in [0.2, 0.25) is 0 Å². The Balaban J connectivity index is 4.24. The van der Waals surface area contributed by atoms with E-state index < -0.39 is 20.0 Å². The Morgan fingerprint density at radius 1 is 0.507 bits per heavy atom. The van der Waals surface area contributed by atoms with Gasteiger partial charge in [0.1, 0.15) is 13.2 Å². The van der Waals surface area contributed by atoms with Gasteiger partial charge in [-0.15, -0.1) is 0 Å². The number of aliphatic hydroxyl groups is 1. The van der Waals surface area contributed by atoms with Gasteiger partial charge in [0.25, 0.3) is 0 Å². The van der Waals surface area contributed by atoms with Gasteiger partial charge < -0.3 is 19.8 Å². The highest BCUT2D eigenvalue weighted by Gasteiger charge is 2.27. The van der Waals surface area contributed by atoms with Crippen LogP contribution in [0.3, 0.4) is 0 Å². The number of allylic oxidation sites excluding steroid dienone is 11. The molecule has 0 saturated carbocycles. The van der Waals surface area contributed by atoms with Crippen molar-refractivity contribution in [2.75, 3.05) is 40.9 Å². The molecule has 0 spiro atoms. The summed E-state index contributed by atoms with van der Waals surface area (Å²) in [7, 11) is 1.54. The van der Waals surface area contributed by atoms with E-state index in [1.807, 2.05) is 27.2 Å². The van der Waals surface area contributed by atoms with Crippen LogP contribution >= 0.6 is 7.82 Å². The first-order chi connectivity index (χ1) is 33.5. The van der Waals surface area contributed by atoms with Crippen LogP contribution in [-0.2, 0) is 18.4 Å². The number of phosphoric ester groups is 1. The van der Waals surface area contributed by atoms with E-state index in [1.54, 1.807) is 6.08 Å². The number of nitrogens with one attached hydrogen (secondary N) is 1. The second kappa shape index (κ2) is 50.9. The average Bonchev–Trinajstić information content (AvgIpc) is 3.31. The monoisotopic (exact) mass is 988 g/mol. The summed E-state index contributed by atoms with van der Waals surface area (Å²) < 4.78 is 23.7. The molecule has 0 aromatic carbocycles. The summed E-state index contributed by atoms with van der Waals surface area (Å²) in [6.07, 6.45) is 70.1. The number of unbranched alkanes of at least 4 members (excludes halogenated alkanes) is 29. The van der Waals surface area contributed by atoms with Crippen molar-refractivity contribution in [1.82, 2.24) is 5.32 Å². The van der Waals surface area contributed by atoms with Crippen LogP contribution in [0.15, 0.2) is 72.9 Å². The molecule has 3 atom stereocenters. The third kappa shape index (κ3) is 53.6. The second-order valence-corrected chi connectivity index (χ2v) is 22.1. The minimum Gasteiger partial charge on any atom is -0.387 e. The van der Waals surface area contributed by atoms with Gasteiger partial charge >= 0.3 is 7.82 Å². The van der Waals surface area contributed by atoms with Crippen molar-refractivity contribution in [3.05, 3.63) is 72.9 Å². The number of hydrogen-bond donors (Lipinski definition) is 3. The van der Waals surface area contributed by atoms with E-state index in [9.17, 15) is 19.4 Å². The van der Waals surface area contributed by atoms with Crippen LogP contribution in [0.25, 0.3) is 0 Å². The molecule has 0 radical (unpaired) electrons. The third-order valence-electron chi connectivity index (χ3n) is 12.7. The standard InChI is InChI=1S/C60H111N2O6P/c1-6-8-10-12-14-16-18-20-22-24-26-27-28-29-30-31-32-33-34-36-37-39-41-43-45-47-49-51-53-59(63)58(57-68-69(65,66)67-56-55-62(3,4)5)61-60(64)54-52-50-48-46-44-42-40-38-35-25-23-21-19-17-15-13-11-9-7-2/h9,11,15,17,21,23,35,38,42,44,51,53,58-59,63H,6-8,10,12-14,16,18-20,22,24-34,36-37,39-41,43,45-50,52,54-57H2,1-5H3,(H-,61,64,65,66)/p+1/b11-9-,17-15-,23-21-,38-35-,44-42-,53-51+. The summed E-state index contributed by atoms with van der Waals surface area (Å²) in [5, 5.41) is 13.9. The predicted octanol–water partition coefficient (Wildman–Crippen LogP) is 17.5. The maximum Gasteiger partial charge on any atom is 0.472 e. The lowest BCUT2D eigenvalue weighted by atomic mass is 10.0. The van der Waals surface area contributed by atoms with Crippen molar-refractivity contribution in [1.29, 1.82) is 0 Å². The fourth-order valence-corrected chi connectivity index (χ4v) is 8.92. The Bertz CT molecular complexity index is 1350. The molecule has 8 nitrogen and oxygen atoms in total. The molecule has 0 rings (SSSR count). The van der Waals surface area contributed by atoms with E-state index >= 15 is 0 Å². The average molecular weight is 989 g/mol. The van der Waals surface area contributed by atoms with Gasteiger partial charge in [-0.3, -0.25) is 13.8 Å². The molecule has 0 aliphatic heterocycles. The smallest absolute Gasteiger partial charge is 0.387 e. The van der Waals surface area contributed by atoms with Gasteiger partial charge in [-0.1, -0.05) is 254 Å². The van der Waals surface area contributed by atoms with Crippen LogP contribution < -0.4 is 5.32 Å². The van der Waals surface area contributed by atoms with Gasteiger partial charge in [0, 0.05) is 6.42 Å². The first-order valence-corrected chi connectivity index (χ1v) is 30.3. The molecule has 0 aliphatic carbocycles. The minimum absolute atomic E-state index is 0.0516. The second-order valence-electron chi connectivity index (χ2n) is 20.6. The summed E-state index contributed by atoms with van der Waals surface area (Å²) >= 11 is 0. The number of rotatable bonds is 52. The molecule has 0 aromatic rings. The van der Waals surface area contributed by atoms with Crippen LogP contribution in [-0.4, -0.2) is 73.4 Å². The lowest BCUT2D eigenvalue weighted by Gasteiger charge is -2.25. The van der Waals surface area contributed by atoms with E-state index in [-0.39, 0.29) is 19.1 Å². The molecule has 69 heavy (non-hydrogen) atoms. The number of carbonyl (C=O) groups excluding carboxylic acids is 1. The summed E-state index contributed by atoms with van der Waals surface area (Å²) in [4.78, 5) is 23.3. The topological polar surface area (TPSA) is 105 Å². The van der Waals surface area contributed by atoms with Gasteiger partial charge in [-0.05, 0) is 64.2 Å². The van der Waals surface area contributed by atoms with Crippen molar-refractivity contribution in [2.24, 2.45) is 0 Å². The Morgan fingerprint density at radius 2 is 0.870 bits per heavy atom. The molecule has 0 saturated heterocycles. The fourth-order valence-electron chi connectivity index (χ4n) is 8.19. The molecule has 0 aliphatic rings. The molecule has 0 bridgehead atoms. The zero-order valence-corrected chi connectivity index (χ0v) is 46.7. The van der Waals surface area contributed by atoms with Gasteiger partial charge in [0.2, 0.25) is 5.91 Å². The van der Waals surface area contributed by atoms with Gasteiger partial charge in [0.05, 0.1) is 39.9 Å². The quantitative estimate of drug-likeness (QED) is 0.0243. The lowest BCUT2D eigenvalue weighted by molar-refractivity contribution is -0.870. The zero-order valence-electron chi connectivity index (χ0n) is 45.8. The molecule has 0 heterocycles. The van der Waals surface area contributed by atoms with Crippen LogP contribution in [0.5, 0.6) is 0 Å². The third-order valence-corrected chi connectivity index (χ3v) is 13.7. The highest BCUT2D eigenvalue weighted by Crippen LogP contribution is 2.43. The van der Waals surface area contributed by atoms with Crippen molar-refractivity contribution in [3.8, 4) is 0 Å². The molecular formula is C60H112N2O6P+. The molecular weight excluding hydrogens is 876 g/mol. The molecule has 3 unspecified atom stereocenters. The number of phosphoric acid groups is 1. The number of amides is 1.